The van der Waals surface area contributed by atoms with Crippen molar-refractivity contribution in [2.24, 2.45) is 11.8 Å². The van der Waals surface area contributed by atoms with Crippen molar-refractivity contribution >= 4 is 32.6 Å². The summed E-state index contributed by atoms with van der Waals surface area (Å²) in [5, 5.41) is 2.33. The molecule has 2 unspecified atom stereocenters. The molecule has 0 fully saturated rings. The normalized spacial score (nSPS) is 15.1. The van der Waals surface area contributed by atoms with Gasteiger partial charge in [-0.1, -0.05) is 0 Å². The van der Waals surface area contributed by atoms with Crippen LogP contribution in [-0.2, 0) is 6.42 Å². The number of thiophene rings is 1. The molecule has 0 aromatic carbocycles. The summed E-state index contributed by atoms with van der Waals surface area (Å²) in [5.41, 5.74) is 1.70. The molecule has 0 bridgehead atoms. The first-order chi connectivity index (χ1) is 9.90. The van der Waals surface area contributed by atoms with E-state index >= 15 is 0 Å². The zero-order valence-corrected chi connectivity index (χ0v) is 18.8. The van der Waals surface area contributed by atoms with Crippen LogP contribution in [0.15, 0.2) is 11.4 Å². The Morgan fingerprint density at radius 2 is 1.76 bits per heavy atom. The first-order valence-electron chi connectivity index (χ1n) is 8.97. The van der Waals surface area contributed by atoms with Gasteiger partial charge in [0.25, 0.3) is 0 Å². The van der Waals surface area contributed by atoms with Crippen molar-refractivity contribution in [3.8, 4) is 0 Å². The van der Waals surface area contributed by atoms with Crippen molar-refractivity contribution in [3.05, 3.63) is 17.0 Å². The molecule has 0 aliphatic carbocycles. The summed E-state index contributed by atoms with van der Waals surface area (Å²) in [4.78, 5) is 7.65. The molecule has 0 radical (unpaired) electrons. The van der Waals surface area contributed by atoms with Crippen LogP contribution in [0.5, 0.6) is 0 Å². The van der Waals surface area contributed by atoms with Gasteiger partial charge in [0.2, 0.25) is 0 Å². The van der Waals surface area contributed by atoms with E-state index in [1.54, 1.807) is 8.46 Å². The average molecular weight is 415 g/mol. The van der Waals surface area contributed by atoms with Crippen LogP contribution in [-0.4, -0.2) is 18.4 Å². The molecule has 2 atom stereocenters. The third-order valence-corrected chi connectivity index (χ3v) is 15.5. The van der Waals surface area contributed by atoms with E-state index in [4.69, 9.17) is 0 Å². The van der Waals surface area contributed by atoms with Crippen molar-refractivity contribution in [3.63, 3.8) is 0 Å². The molecule has 1 heterocycles. The Morgan fingerprint density at radius 3 is 2.33 bits per heavy atom. The summed E-state index contributed by atoms with van der Waals surface area (Å²) in [6, 6.07) is 2.41. The standard InChI is InChI=1S/C16H27S.3CH3.Sn/c1-4-6-9-16(14(3)5-2)10-7-8-15-11-12-17-13-15;;;;/h11-12,14,16H,4-10H2,1-3H3;3*1H3;. The summed E-state index contributed by atoms with van der Waals surface area (Å²) in [6.45, 7) is 7.14. The minimum atomic E-state index is -1.87. The van der Waals surface area contributed by atoms with Crippen molar-refractivity contribution in [2.45, 2.75) is 80.5 Å². The van der Waals surface area contributed by atoms with Crippen LogP contribution in [0, 0.1) is 11.8 Å². The third kappa shape index (κ3) is 6.64. The van der Waals surface area contributed by atoms with Gasteiger partial charge in [-0.05, 0) is 0 Å². The molecule has 0 saturated carbocycles. The van der Waals surface area contributed by atoms with E-state index in [9.17, 15) is 0 Å². The quantitative estimate of drug-likeness (QED) is 0.385. The molecule has 0 saturated heterocycles. The fraction of sp³-hybridized carbons (Fsp3) is 0.789. The van der Waals surface area contributed by atoms with Crippen molar-refractivity contribution in [1.29, 1.82) is 0 Å². The minimum absolute atomic E-state index is 0.903. The van der Waals surface area contributed by atoms with Crippen LogP contribution in [0.2, 0.25) is 14.8 Å². The first-order valence-corrected chi connectivity index (χ1v) is 19.8. The summed E-state index contributed by atoms with van der Waals surface area (Å²) in [7, 11) is 0. The van der Waals surface area contributed by atoms with Gasteiger partial charge in [-0.2, -0.15) is 0 Å². The Balaban J connectivity index is 2.52. The number of rotatable bonds is 10. The molecule has 0 amide bonds. The second kappa shape index (κ2) is 9.60. The van der Waals surface area contributed by atoms with Crippen molar-refractivity contribution in [1.82, 2.24) is 0 Å². The Morgan fingerprint density at radius 1 is 1.10 bits per heavy atom. The number of unbranched alkanes of at least 4 members (excludes halogenated alkanes) is 1. The molecule has 122 valence electrons. The maximum atomic E-state index is 2.55. The van der Waals surface area contributed by atoms with Gasteiger partial charge in [0.1, 0.15) is 0 Å². The van der Waals surface area contributed by atoms with Gasteiger partial charge in [0.05, 0.1) is 0 Å². The third-order valence-electron chi connectivity index (χ3n) is 4.83. The Hall–Kier alpha value is 0.499. The number of aryl methyl sites for hydroxylation is 1. The molecule has 21 heavy (non-hydrogen) atoms. The molecule has 0 nitrogen and oxygen atoms in total. The van der Waals surface area contributed by atoms with E-state index in [-0.39, 0.29) is 0 Å². The maximum absolute atomic E-state index is 2.55. The predicted octanol–water partition coefficient (Wildman–Crippen LogP) is 6.47. The number of hydrogen-bond acceptors (Lipinski definition) is 1. The molecular formula is C19H36SSn. The van der Waals surface area contributed by atoms with Crippen LogP contribution in [0.1, 0.15) is 64.9 Å². The van der Waals surface area contributed by atoms with Gasteiger partial charge in [-0.3, -0.25) is 0 Å². The Labute approximate surface area is 141 Å². The van der Waals surface area contributed by atoms with Gasteiger partial charge >= 0.3 is 142 Å². The molecular weight excluding hydrogens is 379 g/mol. The fourth-order valence-corrected chi connectivity index (χ4v) is 11.3. The summed E-state index contributed by atoms with van der Waals surface area (Å²) < 4.78 is 1.80. The van der Waals surface area contributed by atoms with E-state index in [0.29, 0.717) is 0 Å². The molecule has 1 rings (SSSR count). The SMILES string of the molecule is CCCCC(CCCc1ccs[c]1[Sn]([CH3])([CH3])[CH3])C(C)CC. The van der Waals surface area contributed by atoms with Crippen molar-refractivity contribution < 1.29 is 0 Å². The molecule has 0 aliphatic heterocycles. The number of hydrogen-bond donors (Lipinski definition) is 0. The van der Waals surface area contributed by atoms with E-state index in [1.165, 1.54) is 44.9 Å². The molecule has 1 aromatic rings. The van der Waals surface area contributed by atoms with Crippen LogP contribution < -0.4 is 2.89 Å². The molecule has 2 heteroatoms. The van der Waals surface area contributed by atoms with Gasteiger partial charge in [-0.25, -0.2) is 0 Å². The van der Waals surface area contributed by atoms with Gasteiger partial charge < -0.3 is 0 Å². The monoisotopic (exact) mass is 416 g/mol. The topological polar surface area (TPSA) is 0 Å². The van der Waals surface area contributed by atoms with Crippen LogP contribution in [0.25, 0.3) is 0 Å². The average Bonchev–Trinajstić information content (AvgIpc) is 2.90. The fourth-order valence-electron chi connectivity index (χ4n) is 3.26. The van der Waals surface area contributed by atoms with E-state index in [1.807, 2.05) is 11.3 Å². The predicted molar refractivity (Wildman–Crippen MR) is 103 cm³/mol. The summed E-state index contributed by atoms with van der Waals surface area (Å²) in [6.07, 6.45) is 9.70. The van der Waals surface area contributed by atoms with Crippen molar-refractivity contribution in [2.75, 3.05) is 0 Å². The van der Waals surface area contributed by atoms with Crippen LogP contribution in [0.4, 0.5) is 0 Å². The Bertz CT molecular complexity index is 389. The molecule has 0 spiro atoms. The van der Waals surface area contributed by atoms with E-state index in [2.05, 4.69) is 47.0 Å². The van der Waals surface area contributed by atoms with Crippen LogP contribution in [0.3, 0.4) is 0 Å². The van der Waals surface area contributed by atoms with Gasteiger partial charge in [0.15, 0.2) is 0 Å². The van der Waals surface area contributed by atoms with Gasteiger partial charge in [-0.15, -0.1) is 0 Å². The summed E-state index contributed by atoms with van der Waals surface area (Å²) in [5.74, 6) is 1.86. The zero-order valence-electron chi connectivity index (χ0n) is 15.2. The van der Waals surface area contributed by atoms with E-state index in [0.717, 1.165) is 11.8 Å². The van der Waals surface area contributed by atoms with Crippen LogP contribution >= 0.6 is 11.3 Å². The molecule has 0 aliphatic rings. The zero-order chi connectivity index (χ0) is 15.9. The Kier molecular flexibility index (Phi) is 8.93. The molecule has 1 aromatic heterocycles. The van der Waals surface area contributed by atoms with E-state index < -0.39 is 18.4 Å². The van der Waals surface area contributed by atoms with Gasteiger partial charge in [0, 0.05) is 0 Å². The first kappa shape index (κ1) is 19.5. The summed E-state index contributed by atoms with van der Waals surface area (Å²) >= 11 is 0.161. The molecule has 0 N–H and O–H groups in total. The second-order valence-corrected chi connectivity index (χ2v) is 23.9. The second-order valence-electron chi connectivity index (χ2n) is 7.71.